The highest BCUT2D eigenvalue weighted by atomic mass is 35.5. The Labute approximate surface area is 115 Å². The van der Waals surface area contributed by atoms with Crippen molar-refractivity contribution in [3.8, 4) is 5.88 Å². The van der Waals surface area contributed by atoms with Crippen molar-refractivity contribution in [3.63, 3.8) is 0 Å². The highest BCUT2D eigenvalue weighted by molar-refractivity contribution is 6.29. The smallest absolute Gasteiger partial charge is 0.336 e. The molecular formula is C14H12ClNO3. The van der Waals surface area contributed by atoms with Crippen LogP contribution in [0, 0.1) is 6.92 Å². The largest absolute Gasteiger partial charge is 0.478 e. The van der Waals surface area contributed by atoms with Crippen molar-refractivity contribution in [1.29, 1.82) is 0 Å². The van der Waals surface area contributed by atoms with Crippen LogP contribution in [-0.4, -0.2) is 16.1 Å². The quantitative estimate of drug-likeness (QED) is 0.871. The third-order valence-electron chi connectivity index (χ3n) is 2.65. The molecule has 0 spiro atoms. The highest BCUT2D eigenvalue weighted by Gasteiger charge is 2.14. The van der Waals surface area contributed by atoms with Crippen LogP contribution in [0.2, 0.25) is 5.15 Å². The van der Waals surface area contributed by atoms with Gasteiger partial charge in [0.25, 0.3) is 0 Å². The number of carboxylic acids is 1. The summed E-state index contributed by atoms with van der Waals surface area (Å²) in [5.74, 6) is -0.805. The average molecular weight is 278 g/mol. The van der Waals surface area contributed by atoms with Crippen molar-refractivity contribution >= 4 is 17.6 Å². The predicted molar refractivity (Wildman–Crippen MR) is 71.7 cm³/mol. The average Bonchev–Trinajstić information content (AvgIpc) is 2.40. The first-order valence-corrected chi connectivity index (χ1v) is 6.03. The number of rotatable bonds is 4. The Morgan fingerprint density at radius 1 is 1.37 bits per heavy atom. The van der Waals surface area contributed by atoms with E-state index in [0.717, 1.165) is 5.56 Å². The molecule has 2 aromatic rings. The van der Waals surface area contributed by atoms with Crippen molar-refractivity contribution in [1.82, 2.24) is 4.98 Å². The van der Waals surface area contributed by atoms with Crippen LogP contribution in [0.15, 0.2) is 36.4 Å². The van der Waals surface area contributed by atoms with Crippen LogP contribution in [0.25, 0.3) is 0 Å². The van der Waals surface area contributed by atoms with Crippen molar-refractivity contribution in [2.45, 2.75) is 13.5 Å². The van der Waals surface area contributed by atoms with Crippen LogP contribution in [0.4, 0.5) is 0 Å². The molecule has 98 valence electrons. The number of aromatic carboxylic acids is 1. The normalized spacial score (nSPS) is 10.2. The summed E-state index contributed by atoms with van der Waals surface area (Å²) in [5, 5.41) is 9.16. The van der Waals surface area contributed by atoms with Gasteiger partial charge in [0.15, 0.2) is 0 Å². The van der Waals surface area contributed by atoms with Crippen molar-refractivity contribution in [2.75, 3.05) is 0 Å². The van der Waals surface area contributed by atoms with E-state index in [2.05, 4.69) is 4.98 Å². The van der Waals surface area contributed by atoms with Crippen molar-refractivity contribution < 1.29 is 14.6 Å². The third-order valence-corrected chi connectivity index (χ3v) is 2.84. The SMILES string of the molecule is Cc1c(C(=O)O)cc(Cl)nc1OCc1ccccc1. The van der Waals surface area contributed by atoms with Gasteiger partial charge in [-0.2, -0.15) is 0 Å². The first kappa shape index (κ1) is 13.4. The first-order valence-electron chi connectivity index (χ1n) is 5.65. The van der Waals surface area contributed by atoms with E-state index in [0.29, 0.717) is 12.2 Å². The number of hydrogen-bond donors (Lipinski definition) is 1. The molecule has 19 heavy (non-hydrogen) atoms. The van der Waals surface area contributed by atoms with Crippen LogP contribution in [-0.2, 0) is 6.61 Å². The molecule has 0 amide bonds. The molecule has 1 aromatic carbocycles. The molecule has 0 bridgehead atoms. The molecular weight excluding hydrogens is 266 g/mol. The first-order chi connectivity index (χ1) is 9.08. The third kappa shape index (κ3) is 3.23. The molecule has 0 aliphatic carbocycles. The van der Waals surface area contributed by atoms with Gasteiger partial charge >= 0.3 is 5.97 Å². The van der Waals surface area contributed by atoms with Gasteiger partial charge in [-0.25, -0.2) is 9.78 Å². The van der Waals surface area contributed by atoms with Gasteiger partial charge in [0, 0.05) is 5.56 Å². The second kappa shape index (κ2) is 5.71. The molecule has 0 saturated heterocycles. The number of aromatic nitrogens is 1. The minimum atomic E-state index is -1.05. The maximum absolute atomic E-state index is 11.1. The highest BCUT2D eigenvalue weighted by Crippen LogP contribution is 2.23. The number of carboxylic acid groups (broad SMARTS) is 1. The molecule has 5 heteroatoms. The zero-order valence-corrected chi connectivity index (χ0v) is 11.0. The molecule has 1 N–H and O–H groups in total. The monoisotopic (exact) mass is 277 g/mol. The molecule has 0 radical (unpaired) electrons. The number of ether oxygens (including phenoxy) is 1. The summed E-state index contributed by atoms with van der Waals surface area (Å²) in [6.45, 7) is 1.96. The lowest BCUT2D eigenvalue weighted by molar-refractivity contribution is 0.0695. The van der Waals surface area contributed by atoms with E-state index in [4.69, 9.17) is 21.4 Å². The molecule has 0 atom stereocenters. The van der Waals surface area contributed by atoms with E-state index < -0.39 is 5.97 Å². The summed E-state index contributed by atoms with van der Waals surface area (Å²) in [5.41, 5.74) is 1.54. The number of benzene rings is 1. The Morgan fingerprint density at radius 3 is 2.68 bits per heavy atom. The van der Waals surface area contributed by atoms with Crippen LogP contribution in [0.3, 0.4) is 0 Å². The van der Waals surface area contributed by atoms with Gasteiger partial charge in [-0.1, -0.05) is 41.9 Å². The zero-order valence-electron chi connectivity index (χ0n) is 10.3. The lowest BCUT2D eigenvalue weighted by Crippen LogP contribution is -2.05. The van der Waals surface area contributed by atoms with Gasteiger partial charge in [-0.15, -0.1) is 0 Å². The Hall–Kier alpha value is -2.07. The van der Waals surface area contributed by atoms with E-state index in [1.54, 1.807) is 6.92 Å². The minimum absolute atomic E-state index is 0.100. The molecule has 4 nitrogen and oxygen atoms in total. The summed E-state index contributed by atoms with van der Waals surface area (Å²) >= 11 is 5.79. The second-order valence-corrected chi connectivity index (χ2v) is 4.39. The van der Waals surface area contributed by atoms with Crippen LogP contribution in [0.5, 0.6) is 5.88 Å². The molecule has 0 aliphatic heterocycles. The molecule has 0 fully saturated rings. The number of carbonyl (C=O) groups is 1. The molecule has 1 heterocycles. The lowest BCUT2D eigenvalue weighted by Gasteiger charge is -2.10. The maximum Gasteiger partial charge on any atom is 0.336 e. The van der Waals surface area contributed by atoms with Crippen molar-refractivity contribution in [3.05, 3.63) is 58.2 Å². The second-order valence-electron chi connectivity index (χ2n) is 4.00. The van der Waals surface area contributed by atoms with Gasteiger partial charge in [-0.3, -0.25) is 0 Å². The molecule has 0 saturated carbocycles. The van der Waals surface area contributed by atoms with Gasteiger partial charge in [0.2, 0.25) is 5.88 Å². The minimum Gasteiger partial charge on any atom is -0.478 e. The summed E-state index contributed by atoms with van der Waals surface area (Å²) in [6, 6.07) is 10.9. The molecule has 0 aliphatic rings. The van der Waals surface area contributed by atoms with E-state index >= 15 is 0 Å². The summed E-state index contributed by atoms with van der Waals surface area (Å²) in [6.07, 6.45) is 0. The summed E-state index contributed by atoms with van der Waals surface area (Å²) < 4.78 is 5.54. The van der Waals surface area contributed by atoms with Crippen LogP contribution in [0.1, 0.15) is 21.5 Å². The fourth-order valence-electron chi connectivity index (χ4n) is 1.64. The van der Waals surface area contributed by atoms with E-state index in [1.807, 2.05) is 30.3 Å². The summed E-state index contributed by atoms with van der Waals surface area (Å²) in [7, 11) is 0. The number of hydrogen-bond acceptors (Lipinski definition) is 3. The van der Waals surface area contributed by atoms with Crippen molar-refractivity contribution in [2.24, 2.45) is 0 Å². The fraction of sp³-hybridized carbons (Fsp3) is 0.143. The van der Waals surface area contributed by atoms with Gasteiger partial charge in [-0.05, 0) is 18.6 Å². The number of halogens is 1. The standard InChI is InChI=1S/C14H12ClNO3/c1-9-11(14(17)18)7-12(15)16-13(9)19-8-10-5-3-2-4-6-10/h2-7H,8H2,1H3,(H,17,18). The maximum atomic E-state index is 11.1. The molecule has 2 rings (SSSR count). The predicted octanol–water partition coefficient (Wildman–Crippen LogP) is 3.32. The van der Waals surface area contributed by atoms with E-state index in [-0.39, 0.29) is 16.6 Å². The molecule has 1 aromatic heterocycles. The fourth-order valence-corrected chi connectivity index (χ4v) is 1.83. The Morgan fingerprint density at radius 2 is 2.05 bits per heavy atom. The Bertz CT molecular complexity index is 599. The topological polar surface area (TPSA) is 59.4 Å². The van der Waals surface area contributed by atoms with Crippen LogP contribution >= 0.6 is 11.6 Å². The van der Waals surface area contributed by atoms with Gasteiger partial charge < -0.3 is 9.84 Å². The summed E-state index contributed by atoms with van der Waals surface area (Å²) in [4.78, 5) is 15.1. The number of pyridine rings is 1. The zero-order chi connectivity index (χ0) is 13.8. The van der Waals surface area contributed by atoms with E-state index in [9.17, 15) is 4.79 Å². The number of nitrogens with zero attached hydrogens (tertiary/aromatic N) is 1. The van der Waals surface area contributed by atoms with Gasteiger partial charge in [0.05, 0.1) is 5.56 Å². The lowest BCUT2D eigenvalue weighted by atomic mass is 10.1. The Balaban J connectivity index is 2.23. The van der Waals surface area contributed by atoms with Gasteiger partial charge in [0.1, 0.15) is 11.8 Å². The van der Waals surface area contributed by atoms with Crippen LogP contribution < -0.4 is 4.74 Å². The molecule has 0 unspecified atom stereocenters. The van der Waals surface area contributed by atoms with E-state index in [1.165, 1.54) is 6.07 Å². The Kier molecular flexibility index (Phi) is 4.02.